The maximum atomic E-state index is 9.24. The van der Waals surface area contributed by atoms with Crippen molar-refractivity contribution in [2.45, 2.75) is 33.0 Å². The summed E-state index contributed by atoms with van der Waals surface area (Å²) in [6.07, 6.45) is -1.40. The fraction of sp³-hybridized carbons (Fsp3) is 0.429. The molecule has 17 heavy (non-hydrogen) atoms. The number of aromatic nitrogens is 1. The summed E-state index contributed by atoms with van der Waals surface area (Å²) in [7, 11) is 2.04. The van der Waals surface area contributed by atoms with Gasteiger partial charge in [0.15, 0.2) is 6.29 Å². The van der Waals surface area contributed by atoms with Gasteiger partial charge < -0.3 is 14.8 Å². The maximum Gasteiger partial charge on any atom is 0.178 e. The number of aliphatic hydroxyl groups is 2. The molecule has 0 spiro atoms. The van der Waals surface area contributed by atoms with Crippen LogP contribution in [0.15, 0.2) is 18.2 Å². The lowest BCUT2D eigenvalue weighted by Gasteiger charge is -2.07. The number of nitrogens with zero attached hydrogens (tertiary/aromatic N) is 1. The van der Waals surface area contributed by atoms with Crippen LogP contribution in [-0.4, -0.2) is 14.8 Å². The zero-order chi connectivity index (χ0) is 12.7. The third-order valence-electron chi connectivity index (χ3n) is 3.44. The minimum absolute atomic E-state index is 0.421. The molecule has 0 aliphatic heterocycles. The maximum absolute atomic E-state index is 9.24. The average Bonchev–Trinajstić information content (AvgIpc) is 2.51. The summed E-state index contributed by atoms with van der Waals surface area (Å²) in [5.74, 6) is 0.421. The molecule has 0 unspecified atom stereocenters. The van der Waals surface area contributed by atoms with Gasteiger partial charge in [-0.05, 0) is 30.5 Å². The molecule has 0 amide bonds. The number of rotatable bonds is 2. The second kappa shape index (κ2) is 4.17. The van der Waals surface area contributed by atoms with Gasteiger partial charge in [0.2, 0.25) is 0 Å². The predicted molar refractivity (Wildman–Crippen MR) is 68.9 cm³/mol. The number of aliphatic hydroxyl groups excluding tert-OH is 1. The molecular formula is C14H19NO2. The third-order valence-corrected chi connectivity index (χ3v) is 3.44. The normalized spacial score (nSPS) is 12.0. The first-order valence-electron chi connectivity index (χ1n) is 5.88. The minimum atomic E-state index is -1.40. The fourth-order valence-electron chi connectivity index (χ4n) is 2.51. The number of fused-ring (bicyclic) bond motifs is 1. The number of hydrogen-bond acceptors (Lipinski definition) is 2. The summed E-state index contributed by atoms with van der Waals surface area (Å²) in [5, 5.41) is 19.6. The van der Waals surface area contributed by atoms with Crippen molar-refractivity contribution in [3.05, 3.63) is 35.0 Å². The molecule has 0 radical (unpaired) electrons. The molecule has 0 saturated carbocycles. The Kier molecular flexibility index (Phi) is 2.98. The summed E-state index contributed by atoms with van der Waals surface area (Å²) in [4.78, 5) is 0. The Bertz CT molecular complexity index is 553. The predicted octanol–water partition coefficient (Wildman–Crippen LogP) is 2.59. The van der Waals surface area contributed by atoms with Crippen molar-refractivity contribution in [2.75, 3.05) is 0 Å². The van der Waals surface area contributed by atoms with Gasteiger partial charge in [0.1, 0.15) is 0 Å². The quantitative estimate of drug-likeness (QED) is 0.783. The standard InChI is InChI=1S/C14H19NO2/c1-8(2)13-9(3)15(4)12-6-5-10(14(16)17)7-11(12)13/h5-8,14,16-17H,1-4H3. The van der Waals surface area contributed by atoms with Gasteiger partial charge in [-0.3, -0.25) is 0 Å². The largest absolute Gasteiger partial charge is 0.364 e. The molecule has 0 bridgehead atoms. The van der Waals surface area contributed by atoms with Crippen LogP contribution in [-0.2, 0) is 7.05 Å². The molecule has 0 fully saturated rings. The third kappa shape index (κ3) is 1.85. The van der Waals surface area contributed by atoms with Crippen molar-refractivity contribution < 1.29 is 10.2 Å². The second-order valence-electron chi connectivity index (χ2n) is 4.86. The van der Waals surface area contributed by atoms with Crippen molar-refractivity contribution in [2.24, 2.45) is 7.05 Å². The van der Waals surface area contributed by atoms with E-state index in [0.717, 1.165) is 10.9 Å². The van der Waals surface area contributed by atoms with Gasteiger partial charge in [0, 0.05) is 29.2 Å². The molecule has 2 N–H and O–H groups in total. The van der Waals surface area contributed by atoms with Gasteiger partial charge in [0.25, 0.3) is 0 Å². The van der Waals surface area contributed by atoms with E-state index in [9.17, 15) is 10.2 Å². The lowest BCUT2D eigenvalue weighted by atomic mass is 9.98. The Morgan fingerprint density at radius 3 is 2.35 bits per heavy atom. The summed E-state index contributed by atoms with van der Waals surface area (Å²) in [6, 6.07) is 5.59. The molecule has 92 valence electrons. The summed E-state index contributed by atoms with van der Waals surface area (Å²) < 4.78 is 2.15. The molecule has 1 aromatic carbocycles. The molecular weight excluding hydrogens is 214 g/mol. The Hall–Kier alpha value is -1.32. The lowest BCUT2D eigenvalue weighted by Crippen LogP contribution is -1.94. The van der Waals surface area contributed by atoms with Crippen LogP contribution in [0.5, 0.6) is 0 Å². The van der Waals surface area contributed by atoms with E-state index in [1.165, 1.54) is 11.3 Å². The van der Waals surface area contributed by atoms with Crippen LogP contribution in [0.25, 0.3) is 10.9 Å². The van der Waals surface area contributed by atoms with Crippen molar-refractivity contribution >= 4 is 10.9 Å². The van der Waals surface area contributed by atoms with Gasteiger partial charge in [-0.15, -0.1) is 0 Å². The molecule has 0 aliphatic carbocycles. The highest BCUT2D eigenvalue weighted by Gasteiger charge is 2.15. The lowest BCUT2D eigenvalue weighted by molar-refractivity contribution is -0.0423. The SMILES string of the molecule is Cc1c(C(C)C)c2cc(C(O)O)ccc2n1C. The second-order valence-corrected chi connectivity index (χ2v) is 4.86. The minimum Gasteiger partial charge on any atom is -0.364 e. The number of aryl methyl sites for hydroxylation is 1. The van der Waals surface area contributed by atoms with Crippen molar-refractivity contribution in [3.63, 3.8) is 0 Å². The van der Waals surface area contributed by atoms with Crippen LogP contribution in [0, 0.1) is 6.92 Å². The Balaban J connectivity index is 2.79. The van der Waals surface area contributed by atoms with Crippen LogP contribution in [0.4, 0.5) is 0 Å². The first-order valence-corrected chi connectivity index (χ1v) is 5.88. The molecule has 2 aromatic rings. The summed E-state index contributed by atoms with van der Waals surface area (Å²) >= 11 is 0. The number of hydrogen-bond donors (Lipinski definition) is 2. The van der Waals surface area contributed by atoms with Crippen LogP contribution < -0.4 is 0 Å². The molecule has 1 aromatic heterocycles. The highest BCUT2D eigenvalue weighted by Crippen LogP contribution is 2.32. The summed E-state index contributed by atoms with van der Waals surface area (Å²) in [5.41, 5.74) is 4.20. The van der Waals surface area contributed by atoms with E-state index >= 15 is 0 Å². The van der Waals surface area contributed by atoms with Gasteiger partial charge in [-0.2, -0.15) is 0 Å². The molecule has 0 saturated heterocycles. The highest BCUT2D eigenvalue weighted by molar-refractivity contribution is 5.86. The van der Waals surface area contributed by atoms with Gasteiger partial charge >= 0.3 is 0 Å². The van der Waals surface area contributed by atoms with E-state index in [1.807, 2.05) is 19.2 Å². The van der Waals surface area contributed by atoms with Gasteiger partial charge in [-0.25, -0.2) is 0 Å². The topological polar surface area (TPSA) is 45.4 Å². The number of benzene rings is 1. The summed E-state index contributed by atoms with van der Waals surface area (Å²) in [6.45, 7) is 6.41. The molecule has 1 heterocycles. The van der Waals surface area contributed by atoms with E-state index in [-0.39, 0.29) is 0 Å². The zero-order valence-corrected chi connectivity index (χ0v) is 10.7. The van der Waals surface area contributed by atoms with Crippen molar-refractivity contribution in [3.8, 4) is 0 Å². The first-order chi connectivity index (χ1) is 7.93. The van der Waals surface area contributed by atoms with E-state index in [2.05, 4.69) is 25.3 Å². The van der Waals surface area contributed by atoms with Crippen molar-refractivity contribution in [1.82, 2.24) is 4.57 Å². The fourth-order valence-corrected chi connectivity index (χ4v) is 2.51. The van der Waals surface area contributed by atoms with Crippen LogP contribution in [0.2, 0.25) is 0 Å². The Morgan fingerprint density at radius 2 is 1.82 bits per heavy atom. The van der Waals surface area contributed by atoms with E-state index < -0.39 is 6.29 Å². The molecule has 3 heteroatoms. The van der Waals surface area contributed by atoms with Gasteiger partial charge in [0.05, 0.1) is 0 Å². The first kappa shape index (κ1) is 12.1. The molecule has 0 atom stereocenters. The van der Waals surface area contributed by atoms with E-state index in [4.69, 9.17) is 0 Å². The zero-order valence-electron chi connectivity index (χ0n) is 10.7. The monoisotopic (exact) mass is 233 g/mol. The molecule has 2 rings (SSSR count). The van der Waals surface area contributed by atoms with Crippen LogP contribution >= 0.6 is 0 Å². The van der Waals surface area contributed by atoms with Crippen LogP contribution in [0.1, 0.15) is 42.9 Å². The highest BCUT2D eigenvalue weighted by atomic mass is 16.5. The van der Waals surface area contributed by atoms with Crippen LogP contribution in [0.3, 0.4) is 0 Å². The Morgan fingerprint density at radius 1 is 1.18 bits per heavy atom. The smallest absolute Gasteiger partial charge is 0.178 e. The Labute approximate surface area is 101 Å². The van der Waals surface area contributed by atoms with Crippen molar-refractivity contribution in [1.29, 1.82) is 0 Å². The molecule has 0 aliphatic rings. The van der Waals surface area contributed by atoms with E-state index in [1.54, 1.807) is 6.07 Å². The average molecular weight is 233 g/mol. The van der Waals surface area contributed by atoms with E-state index in [0.29, 0.717) is 11.5 Å². The van der Waals surface area contributed by atoms with Gasteiger partial charge in [-0.1, -0.05) is 19.9 Å². The molecule has 3 nitrogen and oxygen atoms in total.